The van der Waals surface area contributed by atoms with Crippen LogP contribution in [0.4, 0.5) is 0 Å². The molecule has 1 N–H and O–H groups in total. The van der Waals surface area contributed by atoms with Crippen LogP contribution in [0.1, 0.15) is 35.8 Å². The average molecular weight is 297 g/mol. The second-order valence-corrected chi connectivity index (χ2v) is 5.60. The standard InChI is InChI=1S/C17H19N3O2/c1-12-6-4-10-19-15(12)16(13-7-2-3-9-18-13)20-11-5-8-14(20)17(21)22/h2-4,6-7,9-10,14,16H,5,8,11H2,1H3,(H,21,22). The van der Waals surface area contributed by atoms with Gasteiger partial charge in [-0.15, -0.1) is 0 Å². The number of likely N-dealkylation sites (tertiary alicyclic amines) is 1. The van der Waals surface area contributed by atoms with E-state index in [1.807, 2.05) is 42.2 Å². The number of aromatic nitrogens is 2. The van der Waals surface area contributed by atoms with Gasteiger partial charge in [0.1, 0.15) is 6.04 Å². The summed E-state index contributed by atoms with van der Waals surface area (Å²) in [5.41, 5.74) is 2.78. The van der Waals surface area contributed by atoms with Crippen LogP contribution in [-0.2, 0) is 4.79 Å². The molecule has 0 bridgehead atoms. The lowest BCUT2D eigenvalue weighted by Crippen LogP contribution is -2.40. The highest BCUT2D eigenvalue weighted by molar-refractivity contribution is 5.74. The van der Waals surface area contributed by atoms with Crippen LogP contribution in [0, 0.1) is 6.92 Å². The van der Waals surface area contributed by atoms with Crippen molar-refractivity contribution < 1.29 is 9.90 Å². The average Bonchev–Trinajstić information content (AvgIpc) is 3.00. The Morgan fingerprint density at radius 3 is 2.77 bits per heavy atom. The van der Waals surface area contributed by atoms with Crippen molar-refractivity contribution in [2.24, 2.45) is 0 Å². The number of aliphatic carboxylic acids is 1. The largest absolute Gasteiger partial charge is 0.480 e. The minimum atomic E-state index is -0.771. The van der Waals surface area contributed by atoms with Crippen molar-refractivity contribution in [2.45, 2.75) is 31.8 Å². The highest BCUT2D eigenvalue weighted by Crippen LogP contribution is 2.34. The Morgan fingerprint density at radius 1 is 1.27 bits per heavy atom. The summed E-state index contributed by atoms with van der Waals surface area (Å²) in [7, 11) is 0. The summed E-state index contributed by atoms with van der Waals surface area (Å²) < 4.78 is 0. The molecule has 0 saturated carbocycles. The first-order valence-corrected chi connectivity index (χ1v) is 7.49. The van der Waals surface area contributed by atoms with Crippen LogP contribution in [0.25, 0.3) is 0 Å². The Morgan fingerprint density at radius 2 is 2.09 bits per heavy atom. The smallest absolute Gasteiger partial charge is 0.320 e. The molecule has 114 valence electrons. The number of rotatable bonds is 4. The van der Waals surface area contributed by atoms with E-state index in [2.05, 4.69) is 9.97 Å². The molecule has 2 aromatic heterocycles. The van der Waals surface area contributed by atoms with Gasteiger partial charge in [-0.05, 0) is 43.5 Å². The lowest BCUT2D eigenvalue weighted by Gasteiger charge is -2.31. The molecule has 0 radical (unpaired) electrons. The van der Waals surface area contributed by atoms with Gasteiger partial charge in [0.2, 0.25) is 0 Å². The predicted molar refractivity (Wildman–Crippen MR) is 82.4 cm³/mol. The molecule has 22 heavy (non-hydrogen) atoms. The molecule has 3 rings (SSSR count). The number of carboxylic acid groups (broad SMARTS) is 1. The predicted octanol–water partition coefficient (Wildman–Crippen LogP) is 2.42. The van der Waals surface area contributed by atoms with Crippen molar-refractivity contribution in [2.75, 3.05) is 6.54 Å². The molecule has 2 unspecified atom stereocenters. The molecule has 2 aromatic rings. The Balaban J connectivity index is 2.08. The molecule has 1 aliphatic heterocycles. The summed E-state index contributed by atoms with van der Waals surface area (Å²) in [5, 5.41) is 9.51. The van der Waals surface area contributed by atoms with Gasteiger partial charge in [-0.3, -0.25) is 19.7 Å². The van der Waals surface area contributed by atoms with Gasteiger partial charge >= 0.3 is 5.97 Å². The van der Waals surface area contributed by atoms with Crippen molar-refractivity contribution in [1.29, 1.82) is 0 Å². The van der Waals surface area contributed by atoms with Crippen LogP contribution in [0.3, 0.4) is 0 Å². The van der Waals surface area contributed by atoms with Crippen LogP contribution in [0.2, 0.25) is 0 Å². The topological polar surface area (TPSA) is 66.3 Å². The fourth-order valence-corrected chi connectivity index (χ4v) is 3.15. The molecule has 0 aliphatic carbocycles. The number of carboxylic acids is 1. The summed E-state index contributed by atoms with van der Waals surface area (Å²) in [5.74, 6) is -0.771. The maximum absolute atomic E-state index is 11.6. The lowest BCUT2D eigenvalue weighted by molar-refractivity contribution is -0.142. The first-order chi connectivity index (χ1) is 10.7. The number of hydrogen-bond donors (Lipinski definition) is 1. The third kappa shape index (κ3) is 2.72. The van der Waals surface area contributed by atoms with Crippen molar-refractivity contribution in [3.8, 4) is 0 Å². The maximum Gasteiger partial charge on any atom is 0.320 e. The van der Waals surface area contributed by atoms with E-state index in [1.54, 1.807) is 12.4 Å². The van der Waals surface area contributed by atoms with Crippen molar-refractivity contribution in [1.82, 2.24) is 14.9 Å². The van der Waals surface area contributed by atoms with Crippen LogP contribution in [0.5, 0.6) is 0 Å². The second-order valence-electron chi connectivity index (χ2n) is 5.60. The van der Waals surface area contributed by atoms with Gasteiger partial charge in [-0.25, -0.2) is 0 Å². The van der Waals surface area contributed by atoms with E-state index in [-0.39, 0.29) is 6.04 Å². The molecular weight excluding hydrogens is 278 g/mol. The SMILES string of the molecule is Cc1cccnc1C(c1ccccn1)N1CCCC1C(=O)O. The van der Waals surface area contributed by atoms with E-state index in [0.29, 0.717) is 6.42 Å². The van der Waals surface area contributed by atoms with Gasteiger partial charge < -0.3 is 5.11 Å². The number of pyridine rings is 2. The highest BCUT2D eigenvalue weighted by atomic mass is 16.4. The minimum Gasteiger partial charge on any atom is -0.480 e. The molecule has 1 saturated heterocycles. The van der Waals surface area contributed by atoms with Gasteiger partial charge in [-0.2, -0.15) is 0 Å². The van der Waals surface area contributed by atoms with Gasteiger partial charge in [0.05, 0.1) is 17.4 Å². The molecule has 5 heteroatoms. The van der Waals surface area contributed by atoms with Gasteiger partial charge in [0.15, 0.2) is 0 Å². The van der Waals surface area contributed by atoms with Crippen LogP contribution >= 0.6 is 0 Å². The molecule has 1 aliphatic rings. The van der Waals surface area contributed by atoms with Crippen molar-refractivity contribution >= 4 is 5.97 Å². The van der Waals surface area contributed by atoms with E-state index >= 15 is 0 Å². The molecule has 3 heterocycles. The number of nitrogens with zero attached hydrogens (tertiary/aromatic N) is 3. The van der Waals surface area contributed by atoms with Crippen LogP contribution in [0.15, 0.2) is 42.7 Å². The van der Waals surface area contributed by atoms with E-state index in [4.69, 9.17) is 0 Å². The van der Waals surface area contributed by atoms with E-state index in [0.717, 1.165) is 29.9 Å². The van der Waals surface area contributed by atoms with Gasteiger partial charge in [0, 0.05) is 18.9 Å². The van der Waals surface area contributed by atoms with Gasteiger partial charge in [0.25, 0.3) is 0 Å². The van der Waals surface area contributed by atoms with Crippen molar-refractivity contribution in [3.63, 3.8) is 0 Å². The Kier molecular flexibility index (Phi) is 4.15. The zero-order valence-corrected chi connectivity index (χ0v) is 12.5. The zero-order chi connectivity index (χ0) is 15.5. The zero-order valence-electron chi connectivity index (χ0n) is 12.5. The third-order valence-electron chi connectivity index (χ3n) is 4.19. The monoisotopic (exact) mass is 297 g/mol. The molecule has 5 nitrogen and oxygen atoms in total. The van der Waals surface area contributed by atoms with E-state index in [1.165, 1.54) is 0 Å². The van der Waals surface area contributed by atoms with Crippen LogP contribution < -0.4 is 0 Å². The molecular formula is C17H19N3O2. The summed E-state index contributed by atoms with van der Waals surface area (Å²) in [6, 6.07) is 8.94. The lowest BCUT2D eigenvalue weighted by atomic mass is 10.0. The Labute approximate surface area is 129 Å². The van der Waals surface area contributed by atoms with Gasteiger partial charge in [-0.1, -0.05) is 12.1 Å². The molecule has 1 fully saturated rings. The summed E-state index contributed by atoms with van der Waals surface area (Å²) in [4.78, 5) is 22.6. The van der Waals surface area contributed by atoms with Crippen LogP contribution in [-0.4, -0.2) is 38.5 Å². The summed E-state index contributed by atoms with van der Waals surface area (Å²) >= 11 is 0. The maximum atomic E-state index is 11.6. The molecule has 0 spiro atoms. The van der Waals surface area contributed by atoms with Crippen molar-refractivity contribution in [3.05, 3.63) is 59.7 Å². The normalized spacial score (nSPS) is 20.0. The quantitative estimate of drug-likeness (QED) is 0.939. The first-order valence-electron chi connectivity index (χ1n) is 7.49. The number of aryl methyl sites for hydroxylation is 1. The number of carbonyl (C=O) groups is 1. The Hall–Kier alpha value is -2.27. The highest BCUT2D eigenvalue weighted by Gasteiger charge is 2.38. The first kappa shape index (κ1) is 14.7. The second kappa shape index (κ2) is 6.23. The minimum absolute atomic E-state index is 0.217. The number of hydrogen-bond acceptors (Lipinski definition) is 4. The summed E-state index contributed by atoms with van der Waals surface area (Å²) in [6.07, 6.45) is 5.05. The molecule has 0 aromatic carbocycles. The molecule has 0 amide bonds. The van der Waals surface area contributed by atoms with E-state index < -0.39 is 12.0 Å². The van der Waals surface area contributed by atoms with E-state index in [9.17, 15) is 9.90 Å². The Bertz CT molecular complexity index is 660. The third-order valence-corrected chi connectivity index (χ3v) is 4.19. The fraction of sp³-hybridized carbons (Fsp3) is 0.353. The molecule has 2 atom stereocenters. The summed E-state index contributed by atoms with van der Waals surface area (Å²) in [6.45, 7) is 2.75. The fourth-order valence-electron chi connectivity index (χ4n) is 3.15.